The first-order chi connectivity index (χ1) is 7.10. The van der Waals surface area contributed by atoms with Gasteiger partial charge >= 0.3 is 5.63 Å². The Balaban J connectivity index is 3.62. The monoisotopic (exact) mass is 211 g/mol. The first-order valence-electron chi connectivity index (χ1n) is 4.93. The number of hydrogen-bond acceptors (Lipinski definition) is 3. The van der Waals surface area contributed by atoms with Gasteiger partial charge in [-0.25, -0.2) is 14.2 Å². The van der Waals surface area contributed by atoms with Crippen molar-refractivity contribution >= 4 is 11.9 Å². The van der Waals surface area contributed by atoms with Crippen molar-refractivity contribution in [3.63, 3.8) is 0 Å². The summed E-state index contributed by atoms with van der Waals surface area (Å²) in [5.41, 5.74) is -0.651. The molecule has 0 saturated heterocycles. The lowest BCUT2D eigenvalue weighted by Crippen LogP contribution is -2.42. The molecule has 0 saturated carbocycles. The van der Waals surface area contributed by atoms with Gasteiger partial charge in [-0.2, -0.15) is 0 Å². The van der Waals surface area contributed by atoms with E-state index in [1.165, 1.54) is 6.92 Å². The minimum Gasteiger partial charge on any atom is -0.408 e. The molecule has 0 aliphatic heterocycles. The van der Waals surface area contributed by atoms with E-state index in [2.05, 4.69) is 4.98 Å². The van der Waals surface area contributed by atoms with Gasteiger partial charge in [0.05, 0.1) is 5.35 Å². The number of halogens is 1. The average molecular weight is 211 g/mol. The van der Waals surface area contributed by atoms with Crippen LogP contribution in [0.1, 0.15) is 33.1 Å². The minimum atomic E-state index is -0.651. The van der Waals surface area contributed by atoms with E-state index >= 15 is 0 Å². The highest BCUT2D eigenvalue weighted by Crippen LogP contribution is 1.92. The highest BCUT2D eigenvalue weighted by atomic mass is 19.1. The third-order valence-electron chi connectivity index (χ3n) is 2.00. The zero-order chi connectivity index (χ0) is 11.4. The number of rotatable bonds is 2. The first-order valence-corrected chi connectivity index (χ1v) is 4.93. The molecule has 0 atom stereocenters. The van der Waals surface area contributed by atoms with Crippen LogP contribution in [-0.2, 0) is 6.42 Å². The molecule has 0 spiro atoms. The summed E-state index contributed by atoms with van der Waals surface area (Å²) in [4.78, 5) is 15.5. The summed E-state index contributed by atoms with van der Waals surface area (Å²) in [5, 5.41) is 0.284. The van der Waals surface area contributed by atoms with E-state index in [9.17, 15) is 9.18 Å². The fraction of sp³-hybridized carbons (Fsp3) is 0.455. The van der Waals surface area contributed by atoms with Gasteiger partial charge < -0.3 is 4.42 Å². The molecular weight excluding hydrogens is 197 g/mol. The summed E-state index contributed by atoms with van der Waals surface area (Å²) in [6.07, 6.45) is 3.02. The molecule has 0 amide bonds. The van der Waals surface area contributed by atoms with E-state index < -0.39 is 11.5 Å². The van der Waals surface area contributed by atoms with Gasteiger partial charge in [0.15, 0.2) is 5.89 Å². The molecular formula is C11H14FNO2. The summed E-state index contributed by atoms with van der Waals surface area (Å²) in [7, 11) is 0. The maximum absolute atomic E-state index is 13.1. The van der Waals surface area contributed by atoms with Gasteiger partial charge in [0, 0.05) is 6.42 Å². The molecule has 4 heteroatoms. The van der Waals surface area contributed by atoms with Gasteiger partial charge in [0.25, 0.3) is 0 Å². The van der Waals surface area contributed by atoms with Crippen LogP contribution in [-0.4, -0.2) is 4.98 Å². The Hall–Kier alpha value is -1.45. The smallest absolute Gasteiger partial charge is 0.349 e. The zero-order valence-corrected chi connectivity index (χ0v) is 9.13. The minimum absolute atomic E-state index is 0.0719. The van der Waals surface area contributed by atoms with Gasteiger partial charge in [-0.05, 0) is 20.3 Å². The topological polar surface area (TPSA) is 43.1 Å². The van der Waals surface area contributed by atoms with Crippen LogP contribution in [0.3, 0.4) is 0 Å². The molecule has 0 radical (unpaired) electrons. The van der Waals surface area contributed by atoms with E-state index in [1.54, 1.807) is 13.0 Å². The van der Waals surface area contributed by atoms with Crippen molar-refractivity contribution in [1.29, 1.82) is 0 Å². The van der Waals surface area contributed by atoms with Gasteiger partial charge in [-0.3, -0.25) is 0 Å². The Morgan fingerprint density at radius 2 is 2.27 bits per heavy atom. The van der Waals surface area contributed by atoms with E-state index in [0.29, 0.717) is 17.7 Å². The van der Waals surface area contributed by atoms with Crippen molar-refractivity contribution in [2.24, 2.45) is 0 Å². The third-order valence-corrected chi connectivity index (χ3v) is 2.00. The lowest BCUT2D eigenvalue weighted by molar-refractivity contribution is 0.422. The van der Waals surface area contributed by atoms with Crippen LogP contribution in [0.2, 0.25) is 0 Å². The van der Waals surface area contributed by atoms with Gasteiger partial charge in [0.1, 0.15) is 11.0 Å². The molecule has 0 aliphatic rings. The normalized spacial score (nSPS) is 14.3. The molecule has 1 heterocycles. The van der Waals surface area contributed by atoms with Crippen LogP contribution in [0.15, 0.2) is 9.21 Å². The van der Waals surface area contributed by atoms with E-state index in [1.807, 2.05) is 6.92 Å². The van der Waals surface area contributed by atoms with Crippen LogP contribution in [0.4, 0.5) is 4.39 Å². The van der Waals surface area contributed by atoms with Crippen molar-refractivity contribution in [2.75, 3.05) is 0 Å². The Morgan fingerprint density at radius 3 is 2.73 bits per heavy atom. The van der Waals surface area contributed by atoms with Crippen molar-refractivity contribution in [3.8, 4) is 0 Å². The van der Waals surface area contributed by atoms with E-state index in [0.717, 1.165) is 6.42 Å². The van der Waals surface area contributed by atoms with Crippen LogP contribution in [0.5, 0.6) is 0 Å². The lowest BCUT2D eigenvalue weighted by Gasteiger charge is -1.96. The molecule has 0 N–H and O–H groups in total. The first kappa shape index (κ1) is 11.6. The second-order valence-electron chi connectivity index (χ2n) is 3.23. The van der Waals surface area contributed by atoms with Crippen LogP contribution in [0, 0.1) is 0 Å². The zero-order valence-electron chi connectivity index (χ0n) is 9.13. The van der Waals surface area contributed by atoms with Crippen molar-refractivity contribution in [2.45, 2.75) is 33.6 Å². The third kappa shape index (κ3) is 2.52. The van der Waals surface area contributed by atoms with Gasteiger partial charge in [-0.1, -0.05) is 13.0 Å². The second kappa shape index (κ2) is 4.87. The van der Waals surface area contributed by atoms with Gasteiger partial charge in [0.2, 0.25) is 0 Å². The molecule has 1 aromatic heterocycles. The van der Waals surface area contributed by atoms with Gasteiger partial charge in [-0.15, -0.1) is 0 Å². The maximum atomic E-state index is 13.1. The largest absolute Gasteiger partial charge is 0.408 e. The van der Waals surface area contributed by atoms with Crippen molar-refractivity contribution < 1.29 is 8.81 Å². The lowest BCUT2D eigenvalue weighted by atomic mass is 10.3. The Morgan fingerprint density at radius 1 is 1.60 bits per heavy atom. The van der Waals surface area contributed by atoms with Crippen LogP contribution in [0.25, 0.3) is 11.9 Å². The van der Waals surface area contributed by atoms with Crippen molar-refractivity contribution in [1.82, 2.24) is 4.98 Å². The molecule has 1 rings (SSSR count). The molecule has 0 aliphatic carbocycles. The SMILES string of the molecule is CC=c1nc(CCC)oc(=O)c1=C(C)F. The second-order valence-corrected chi connectivity index (χ2v) is 3.23. The molecule has 1 aromatic rings. The van der Waals surface area contributed by atoms with E-state index in [4.69, 9.17) is 4.42 Å². The summed E-state index contributed by atoms with van der Waals surface area (Å²) in [6, 6.07) is 0. The number of aryl methyl sites for hydroxylation is 1. The van der Waals surface area contributed by atoms with Crippen molar-refractivity contribution in [3.05, 3.63) is 26.9 Å². The predicted molar refractivity (Wildman–Crippen MR) is 56.3 cm³/mol. The Kier molecular flexibility index (Phi) is 3.77. The predicted octanol–water partition coefficient (Wildman–Crippen LogP) is 0.885. The molecule has 0 unspecified atom stereocenters. The molecule has 0 aromatic carbocycles. The fourth-order valence-corrected chi connectivity index (χ4v) is 1.32. The highest BCUT2D eigenvalue weighted by Gasteiger charge is 2.04. The summed E-state index contributed by atoms with van der Waals surface area (Å²) < 4.78 is 18.0. The quantitative estimate of drug-likeness (QED) is 0.729. The Labute approximate surface area is 87.0 Å². The number of nitrogens with zero attached hydrogens (tertiary/aromatic N) is 1. The molecule has 0 bridgehead atoms. The Bertz CT molecular complexity index is 512. The van der Waals surface area contributed by atoms with E-state index in [-0.39, 0.29) is 5.22 Å². The molecule has 15 heavy (non-hydrogen) atoms. The summed E-state index contributed by atoms with van der Waals surface area (Å²) >= 11 is 0. The molecule has 82 valence electrons. The van der Waals surface area contributed by atoms with Crippen LogP contribution < -0.4 is 16.2 Å². The fourth-order valence-electron chi connectivity index (χ4n) is 1.32. The van der Waals surface area contributed by atoms with Crippen LogP contribution >= 0.6 is 0 Å². The molecule has 0 fully saturated rings. The highest BCUT2D eigenvalue weighted by molar-refractivity contribution is 5.32. The maximum Gasteiger partial charge on any atom is 0.349 e. The summed E-state index contributed by atoms with van der Waals surface area (Å²) in [5.74, 6) is -0.201. The number of aromatic nitrogens is 1. The summed E-state index contributed by atoms with van der Waals surface area (Å²) in [6.45, 7) is 4.89. The molecule has 3 nitrogen and oxygen atoms in total. The standard InChI is InChI=1S/C11H14FNO2/c1-4-6-9-13-8(5-2)10(7(3)12)11(14)15-9/h5H,4,6H2,1-3H3. The average Bonchev–Trinajstić information content (AvgIpc) is 2.16. The number of hydrogen-bond donors (Lipinski definition) is 0.